The second-order valence-electron chi connectivity index (χ2n) is 4.46. The Kier molecular flexibility index (Phi) is 6.27. The van der Waals surface area contributed by atoms with E-state index in [4.69, 9.17) is 18.0 Å². The molecule has 2 rings (SSSR count). The van der Waals surface area contributed by atoms with Crippen molar-refractivity contribution in [2.75, 3.05) is 5.32 Å². The molecule has 1 amide bonds. The molecule has 0 spiro atoms. The molecule has 6 heteroatoms. The summed E-state index contributed by atoms with van der Waals surface area (Å²) in [4.78, 5) is 12.3. The first kappa shape index (κ1) is 17.1. The van der Waals surface area contributed by atoms with Crippen LogP contribution in [0.3, 0.4) is 0 Å². The molecule has 0 bridgehead atoms. The number of amides is 1. The summed E-state index contributed by atoms with van der Waals surface area (Å²) < 4.78 is 1.89. The van der Waals surface area contributed by atoms with E-state index in [1.165, 1.54) is 0 Å². The van der Waals surface area contributed by atoms with E-state index in [9.17, 15) is 4.79 Å². The first-order valence-electron chi connectivity index (χ1n) is 6.21. The highest BCUT2D eigenvalue weighted by molar-refractivity contribution is 7.80. The second kappa shape index (κ2) is 7.71. The van der Waals surface area contributed by atoms with Crippen LogP contribution in [0.4, 0.5) is 5.69 Å². The summed E-state index contributed by atoms with van der Waals surface area (Å²) >= 11 is 4.88. The van der Waals surface area contributed by atoms with Crippen molar-refractivity contribution in [2.45, 2.75) is 13.5 Å². The molecule has 110 valence electrons. The van der Waals surface area contributed by atoms with Crippen LogP contribution in [0.2, 0.25) is 0 Å². The van der Waals surface area contributed by atoms with Gasteiger partial charge in [0.25, 0.3) is 5.91 Å². The zero-order chi connectivity index (χ0) is 14.5. The minimum absolute atomic E-state index is 0. The molecule has 0 aliphatic carbocycles. The number of carbonyl (C=O) groups is 1. The van der Waals surface area contributed by atoms with Gasteiger partial charge in [-0.1, -0.05) is 18.3 Å². The standard InChI is InChI=1S/C15H15N3OS.ClH/c1-11-4-2-3-9-18(11)10-14(19)17-13-7-5-12(6-8-13)15(16)20;/h2-9H,10H2,1H3,(H2-,16,17,19,20);1H. The van der Waals surface area contributed by atoms with E-state index in [0.717, 1.165) is 16.9 Å². The molecule has 3 N–H and O–H groups in total. The van der Waals surface area contributed by atoms with Gasteiger partial charge in [-0.15, -0.1) is 0 Å². The maximum absolute atomic E-state index is 12.0. The molecule has 0 saturated carbocycles. The largest absolute Gasteiger partial charge is 1.00 e. The van der Waals surface area contributed by atoms with Gasteiger partial charge < -0.3 is 23.5 Å². The van der Waals surface area contributed by atoms with Gasteiger partial charge in [0.05, 0.1) is 0 Å². The number of pyridine rings is 1. The van der Waals surface area contributed by atoms with Crippen LogP contribution in [-0.2, 0) is 11.3 Å². The third-order valence-corrected chi connectivity index (χ3v) is 3.17. The van der Waals surface area contributed by atoms with Gasteiger partial charge in [-0.2, -0.15) is 4.57 Å². The number of carbonyl (C=O) groups excluding carboxylic acids is 1. The Bertz CT molecular complexity index is 644. The number of halogens is 1. The molecular weight excluding hydrogens is 306 g/mol. The predicted molar refractivity (Wildman–Crippen MR) is 82.3 cm³/mol. The molecule has 1 aromatic heterocycles. The average Bonchev–Trinajstić information content (AvgIpc) is 2.42. The van der Waals surface area contributed by atoms with E-state index >= 15 is 0 Å². The number of thiocarbonyl (C=S) groups is 1. The SMILES string of the molecule is Cc1cccc[n+]1CC(=O)Nc1ccc(C(N)=S)cc1.[Cl-]. The maximum Gasteiger partial charge on any atom is 0.290 e. The molecule has 2 aromatic rings. The number of benzene rings is 1. The molecule has 0 aliphatic rings. The van der Waals surface area contributed by atoms with Crippen LogP contribution in [0.5, 0.6) is 0 Å². The van der Waals surface area contributed by atoms with E-state index in [-0.39, 0.29) is 24.9 Å². The van der Waals surface area contributed by atoms with Gasteiger partial charge in [0.15, 0.2) is 11.9 Å². The molecule has 0 atom stereocenters. The zero-order valence-corrected chi connectivity index (χ0v) is 13.1. The van der Waals surface area contributed by atoms with Crippen LogP contribution in [-0.4, -0.2) is 10.9 Å². The predicted octanol–water partition coefficient (Wildman–Crippen LogP) is -1.44. The lowest BCUT2D eigenvalue weighted by Gasteiger charge is -2.05. The number of anilines is 1. The van der Waals surface area contributed by atoms with Crippen molar-refractivity contribution in [1.29, 1.82) is 0 Å². The third-order valence-electron chi connectivity index (χ3n) is 2.93. The van der Waals surface area contributed by atoms with Gasteiger partial charge in [0, 0.05) is 30.3 Å². The summed E-state index contributed by atoms with van der Waals surface area (Å²) in [5, 5.41) is 2.84. The van der Waals surface area contributed by atoms with Crippen LogP contribution in [0.1, 0.15) is 11.3 Å². The fraction of sp³-hybridized carbons (Fsp3) is 0.133. The minimum Gasteiger partial charge on any atom is -1.00 e. The van der Waals surface area contributed by atoms with Gasteiger partial charge >= 0.3 is 0 Å². The lowest BCUT2D eigenvalue weighted by Crippen LogP contribution is -3.00. The number of rotatable bonds is 4. The molecule has 1 heterocycles. The normalized spacial score (nSPS) is 9.57. The van der Waals surface area contributed by atoms with Crippen molar-refractivity contribution < 1.29 is 21.8 Å². The van der Waals surface area contributed by atoms with Crippen LogP contribution < -0.4 is 28.0 Å². The fourth-order valence-corrected chi connectivity index (χ4v) is 1.95. The van der Waals surface area contributed by atoms with Crippen molar-refractivity contribution in [3.05, 3.63) is 59.9 Å². The number of nitrogens with one attached hydrogen (secondary N) is 1. The summed E-state index contributed by atoms with van der Waals surface area (Å²) in [7, 11) is 0. The van der Waals surface area contributed by atoms with E-state index in [1.54, 1.807) is 24.3 Å². The monoisotopic (exact) mass is 321 g/mol. The summed E-state index contributed by atoms with van der Waals surface area (Å²) in [6.07, 6.45) is 1.88. The molecule has 0 fully saturated rings. The first-order chi connectivity index (χ1) is 9.56. The fourth-order valence-electron chi connectivity index (χ4n) is 1.81. The zero-order valence-electron chi connectivity index (χ0n) is 11.5. The second-order valence-corrected chi connectivity index (χ2v) is 4.90. The number of hydrogen-bond donors (Lipinski definition) is 2. The first-order valence-corrected chi connectivity index (χ1v) is 6.62. The Morgan fingerprint density at radius 2 is 1.90 bits per heavy atom. The van der Waals surface area contributed by atoms with E-state index in [1.807, 2.05) is 35.9 Å². The van der Waals surface area contributed by atoms with Crippen LogP contribution in [0.15, 0.2) is 48.7 Å². The molecule has 1 aromatic carbocycles. The summed E-state index contributed by atoms with van der Waals surface area (Å²) in [5.41, 5.74) is 8.07. The van der Waals surface area contributed by atoms with Crippen LogP contribution in [0.25, 0.3) is 0 Å². The smallest absolute Gasteiger partial charge is 0.290 e. The van der Waals surface area contributed by atoms with Crippen LogP contribution >= 0.6 is 12.2 Å². The van der Waals surface area contributed by atoms with Crippen molar-refractivity contribution in [3.63, 3.8) is 0 Å². The lowest BCUT2D eigenvalue weighted by molar-refractivity contribution is -0.690. The maximum atomic E-state index is 12.0. The van der Waals surface area contributed by atoms with Gasteiger partial charge in [-0.3, -0.25) is 4.79 Å². The summed E-state index contributed by atoms with van der Waals surface area (Å²) in [5.74, 6) is -0.0765. The molecule has 0 unspecified atom stereocenters. The molecule has 4 nitrogen and oxygen atoms in total. The van der Waals surface area contributed by atoms with Gasteiger partial charge in [-0.05, 0) is 24.3 Å². The Balaban J connectivity index is 0.00000220. The van der Waals surface area contributed by atoms with E-state index in [2.05, 4.69) is 5.32 Å². The number of nitrogens with two attached hydrogens (primary N) is 1. The Morgan fingerprint density at radius 1 is 1.24 bits per heavy atom. The average molecular weight is 322 g/mol. The topological polar surface area (TPSA) is 59.0 Å². The number of nitrogens with zero attached hydrogens (tertiary/aromatic N) is 1. The Morgan fingerprint density at radius 3 is 2.48 bits per heavy atom. The minimum atomic E-state index is -0.0765. The highest BCUT2D eigenvalue weighted by atomic mass is 35.5. The third kappa shape index (κ3) is 4.81. The quantitative estimate of drug-likeness (QED) is 0.536. The molecule has 0 aliphatic heterocycles. The van der Waals surface area contributed by atoms with Crippen LogP contribution in [0, 0.1) is 6.92 Å². The van der Waals surface area contributed by atoms with Crippen molar-refractivity contribution in [3.8, 4) is 0 Å². The van der Waals surface area contributed by atoms with E-state index < -0.39 is 0 Å². The van der Waals surface area contributed by atoms with Crippen molar-refractivity contribution in [2.24, 2.45) is 5.73 Å². The van der Waals surface area contributed by atoms with Gasteiger partial charge in [0.2, 0.25) is 6.54 Å². The number of aromatic nitrogens is 1. The highest BCUT2D eigenvalue weighted by Gasteiger charge is 2.11. The summed E-state index contributed by atoms with van der Waals surface area (Å²) in [6.45, 7) is 2.24. The molecular formula is C15H16ClN3OS. The van der Waals surface area contributed by atoms with Gasteiger partial charge in [0.1, 0.15) is 4.99 Å². The number of aryl methyl sites for hydroxylation is 1. The molecule has 0 saturated heterocycles. The van der Waals surface area contributed by atoms with Gasteiger partial charge in [-0.25, -0.2) is 0 Å². The van der Waals surface area contributed by atoms with E-state index in [0.29, 0.717) is 4.99 Å². The molecule has 0 radical (unpaired) electrons. The summed E-state index contributed by atoms with van der Waals surface area (Å²) in [6, 6.07) is 13.0. The lowest BCUT2D eigenvalue weighted by atomic mass is 10.2. The highest BCUT2D eigenvalue weighted by Crippen LogP contribution is 2.09. The van der Waals surface area contributed by atoms with Crippen molar-refractivity contribution >= 4 is 28.8 Å². The Hall–Kier alpha value is -1.98. The number of hydrogen-bond acceptors (Lipinski definition) is 2. The molecule has 21 heavy (non-hydrogen) atoms. The van der Waals surface area contributed by atoms with Crippen molar-refractivity contribution in [1.82, 2.24) is 0 Å². The Labute approximate surface area is 135 Å².